The number of aliphatic carboxylic acids is 1. The van der Waals surface area contributed by atoms with Gasteiger partial charge in [0.05, 0.1) is 12.5 Å². The summed E-state index contributed by atoms with van der Waals surface area (Å²) in [7, 11) is 1.51. The minimum Gasteiger partial charge on any atom is -0.480 e. The lowest BCUT2D eigenvalue weighted by molar-refractivity contribution is -0.142. The molecule has 2 amide bonds. The van der Waals surface area contributed by atoms with E-state index in [2.05, 4.69) is 0 Å². The van der Waals surface area contributed by atoms with E-state index >= 15 is 0 Å². The summed E-state index contributed by atoms with van der Waals surface area (Å²) in [6, 6.07) is 1.10. The van der Waals surface area contributed by atoms with Crippen molar-refractivity contribution in [3.05, 3.63) is 0 Å². The van der Waals surface area contributed by atoms with Crippen molar-refractivity contribution in [1.82, 2.24) is 9.80 Å². The van der Waals surface area contributed by atoms with Crippen LogP contribution in [0.3, 0.4) is 0 Å². The Hall–Kier alpha value is -1.77. The van der Waals surface area contributed by atoms with Gasteiger partial charge in [-0.15, -0.1) is 0 Å². The molecule has 100 valence electrons. The second-order valence-electron chi connectivity index (χ2n) is 4.49. The molecule has 0 saturated heterocycles. The Bertz CT molecular complexity index is 360. The first-order chi connectivity index (χ1) is 8.52. The summed E-state index contributed by atoms with van der Waals surface area (Å²) < 4.78 is 0. The number of likely N-dealkylation sites (N-methyl/N-ethyl adjacent to an activating group) is 1. The molecule has 0 aliphatic heterocycles. The monoisotopic (exact) mass is 253 g/mol. The predicted octanol–water partition coefficient (Wildman–Crippen LogP) is 1.28. The summed E-state index contributed by atoms with van der Waals surface area (Å²) >= 11 is 0. The molecule has 1 unspecified atom stereocenters. The van der Waals surface area contributed by atoms with Crippen molar-refractivity contribution in [2.24, 2.45) is 0 Å². The molecule has 1 aliphatic rings. The predicted molar refractivity (Wildman–Crippen MR) is 64.8 cm³/mol. The number of amides is 2. The van der Waals surface area contributed by atoms with Gasteiger partial charge in [0.15, 0.2) is 0 Å². The van der Waals surface area contributed by atoms with E-state index < -0.39 is 12.0 Å². The highest BCUT2D eigenvalue weighted by molar-refractivity contribution is 5.82. The smallest absolute Gasteiger partial charge is 0.326 e. The molecule has 0 bridgehead atoms. The number of carboxylic acids is 1. The Labute approximate surface area is 107 Å². The fraction of sp³-hybridized carbons (Fsp3) is 0.750. The summed E-state index contributed by atoms with van der Waals surface area (Å²) in [4.78, 5) is 26.1. The third kappa shape index (κ3) is 3.36. The maximum Gasteiger partial charge on any atom is 0.326 e. The van der Waals surface area contributed by atoms with Gasteiger partial charge < -0.3 is 14.9 Å². The molecule has 1 N–H and O–H groups in total. The molecule has 6 nitrogen and oxygen atoms in total. The number of rotatable bonds is 6. The normalized spacial score (nSPS) is 15.6. The van der Waals surface area contributed by atoms with Crippen LogP contribution < -0.4 is 0 Å². The number of nitriles is 1. The third-order valence-corrected chi connectivity index (χ3v) is 3.14. The van der Waals surface area contributed by atoms with Crippen LogP contribution in [0.4, 0.5) is 4.79 Å². The molecule has 0 spiro atoms. The minimum atomic E-state index is -0.996. The molecule has 1 aliphatic carbocycles. The van der Waals surface area contributed by atoms with E-state index in [-0.39, 0.29) is 18.5 Å². The Kier molecular flexibility index (Phi) is 4.95. The van der Waals surface area contributed by atoms with Crippen LogP contribution in [0, 0.1) is 11.3 Å². The number of urea groups is 1. The van der Waals surface area contributed by atoms with E-state index in [1.165, 1.54) is 11.9 Å². The summed E-state index contributed by atoms with van der Waals surface area (Å²) in [6.45, 7) is 2.11. The van der Waals surface area contributed by atoms with E-state index in [4.69, 9.17) is 10.4 Å². The Morgan fingerprint density at radius 2 is 2.11 bits per heavy atom. The van der Waals surface area contributed by atoms with Gasteiger partial charge in [-0.1, -0.05) is 6.92 Å². The Balaban J connectivity index is 2.69. The number of carbonyl (C=O) groups excluding carboxylic acids is 1. The van der Waals surface area contributed by atoms with Crippen LogP contribution in [0.5, 0.6) is 0 Å². The van der Waals surface area contributed by atoms with Crippen molar-refractivity contribution in [1.29, 1.82) is 5.26 Å². The molecule has 0 radical (unpaired) electrons. The van der Waals surface area contributed by atoms with Crippen molar-refractivity contribution in [3.8, 4) is 6.07 Å². The van der Waals surface area contributed by atoms with Crippen LogP contribution in [-0.4, -0.2) is 52.6 Å². The largest absolute Gasteiger partial charge is 0.480 e. The summed E-state index contributed by atoms with van der Waals surface area (Å²) in [6.07, 6.45) is 2.53. The molecule has 0 aromatic rings. The molecular weight excluding hydrogens is 234 g/mol. The molecule has 1 saturated carbocycles. The molecule has 1 fully saturated rings. The Morgan fingerprint density at radius 1 is 1.50 bits per heavy atom. The van der Waals surface area contributed by atoms with Gasteiger partial charge in [0.1, 0.15) is 6.04 Å². The number of nitrogens with zero attached hydrogens (tertiary/aromatic N) is 3. The van der Waals surface area contributed by atoms with Gasteiger partial charge in [-0.3, -0.25) is 0 Å². The highest BCUT2D eigenvalue weighted by Crippen LogP contribution is 2.28. The second-order valence-corrected chi connectivity index (χ2v) is 4.49. The number of hydrogen-bond acceptors (Lipinski definition) is 3. The van der Waals surface area contributed by atoms with Gasteiger partial charge in [0.2, 0.25) is 0 Å². The number of hydrogen-bond donors (Lipinski definition) is 1. The lowest BCUT2D eigenvalue weighted by Crippen LogP contribution is -2.49. The average Bonchev–Trinajstić information content (AvgIpc) is 3.14. The van der Waals surface area contributed by atoms with Gasteiger partial charge in [-0.2, -0.15) is 5.26 Å². The lowest BCUT2D eigenvalue weighted by atomic mass is 10.2. The fourth-order valence-electron chi connectivity index (χ4n) is 1.94. The molecule has 1 rings (SSSR count). The molecule has 18 heavy (non-hydrogen) atoms. The van der Waals surface area contributed by atoms with Crippen molar-refractivity contribution < 1.29 is 14.7 Å². The lowest BCUT2D eigenvalue weighted by Gasteiger charge is -2.31. The summed E-state index contributed by atoms with van der Waals surface area (Å²) in [5.74, 6) is -0.996. The molecular formula is C12H19N3O3. The number of carboxylic acid groups (broad SMARTS) is 1. The van der Waals surface area contributed by atoms with E-state index in [9.17, 15) is 9.59 Å². The zero-order valence-corrected chi connectivity index (χ0v) is 10.8. The van der Waals surface area contributed by atoms with Gasteiger partial charge >= 0.3 is 12.0 Å². The molecule has 1 atom stereocenters. The van der Waals surface area contributed by atoms with Crippen molar-refractivity contribution in [2.45, 2.75) is 44.7 Å². The number of carbonyl (C=O) groups is 2. The molecule has 6 heteroatoms. The van der Waals surface area contributed by atoms with Crippen LogP contribution in [-0.2, 0) is 4.79 Å². The minimum absolute atomic E-state index is 0.180. The van der Waals surface area contributed by atoms with Crippen molar-refractivity contribution in [3.63, 3.8) is 0 Å². The average molecular weight is 253 g/mol. The van der Waals surface area contributed by atoms with Gasteiger partial charge in [-0.25, -0.2) is 9.59 Å². The maximum absolute atomic E-state index is 12.2. The standard InChI is InChI=1S/C12H19N3O3/c1-3-10(11(16)17)14(2)12(18)15(8-4-7-13)9-5-6-9/h9-10H,3-6,8H2,1-2H3,(H,16,17). The van der Waals surface area contributed by atoms with Crippen LogP contribution >= 0.6 is 0 Å². The van der Waals surface area contributed by atoms with E-state index in [1.54, 1.807) is 11.8 Å². The maximum atomic E-state index is 12.2. The zero-order valence-electron chi connectivity index (χ0n) is 10.8. The van der Waals surface area contributed by atoms with Gasteiger partial charge in [0.25, 0.3) is 0 Å². The van der Waals surface area contributed by atoms with Crippen LogP contribution in [0.15, 0.2) is 0 Å². The SMILES string of the molecule is CCC(C(=O)O)N(C)C(=O)N(CCC#N)C1CC1. The van der Waals surface area contributed by atoms with Crippen molar-refractivity contribution in [2.75, 3.05) is 13.6 Å². The van der Waals surface area contributed by atoms with Crippen LogP contribution in [0.1, 0.15) is 32.6 Å². The zero-order chi connectivity index (χ0) is 13.7. The van der Waals surface area contributed by atoms with E-state index in [1.807, 2.05) is 6.07 Å². The Morgan fingerprint density at radius 3 is 2.50 bits per heavy atom. The van der Waals surface area contributed by atoms with Gasteiger partial charge in [-0.05, 0) is 19.3 Å². The van der Waals surface area contributed by atoms with Crippen LogP contribution in [0.2, 0.25) is 0 Å². The van der Waals surface area contributed by atoms with E-state index in [0.717, 1.165) is 12.8 Å². The van der Waals surface area contributed by atoms with Crippen molar-refractivity contribution >= 4 is 12.0 Å². The highest BCUT2D eigenvalue weighted by atomic mass is 16.4. The van der Waals surface area contributed by atoms with E-state index in [0.29, 0.717) is 13.0 Å². The molecule has 0 aromatic heterocycles. The summed E-state index contributed by atoms with van der Waals surface area (Å²) in [5.41, 5.74) is 0. The highest BCUT2D eigenvalue weighted by Gasteiger charge is 2.36. The molecule has 0 aromatic carbocycles. The van der Waals surface area contributed by atoms with Gasteiger partial charge in [0, 0.05) is 19.6 Å². The molecule has 0 heterocycles. The first-order valence-corrected chi connectivity index (χ1v) is 6.16. The topological polar surface area (TPSA) is 84.6 Å². The third-order valence-electron chi connectivity index (χ3n) is 3.14. The summed E-state index contributed by atoms with van der Waals surface area (Å²) in [5, 5.41) is 17.6. The first kappa shape index (κ1) is 14.3. The second kappa shape index (κ2) is 6.24. The van der Waals surface area contributed by atoms with Crippen LogP contribution in [0.25, 0.3) is 0 Å². The quantitative estimate of drug-likeness (QED) is 0.772. The first-order valence-electron chi connectivity index (χ1n) is 6.16. The fourth-order valence-corrected chi connectivity index (χ4v) is 1.94.